The lowest BCUT2D eigenvalue weighted by molar-refractivity contribution is 0.197. The van der Waals surface area contributed by atoms with E-state index in [4.69, 9.17) is 28.3 Å². The lowest BCUT2D eigenvalue weighted by Crippen LogP contribution is -2.26. The third kappa shape index (κ3) is 3.99. The van der Waals surface area contributed by atoms with E-state index in [-0.39, 0.29) is 6.61 Å². The molecule has 0 fully saturated rings. The number of halogens is 2. The minimum Gasteiger partial charge on any atom is -0.395 e. The Labute approximate surface area is 100 Å². The van der Waals surface area contributed by atoms with Gasteiger partial charge in [0.05, 0.1) is 6.61 Å². The van der Waals surface area contributed by atoms with Gasteiger partial charge in [0.25, 0.3) is 0 Å². The van der Waals surface area contributed by atoms with Crippen LogP contribution in [0.25, 0.3) is 0 Å². The molecule has 0 bridgehead atoms. The van der Waals surface area contributed by atoms with Gasteiger partial charge in [-0.05, 0) is 24.2 Å². The maximum absolute atomic E-state index is 8.86. The molecule has 0 atom stereocenters. The fraction of sp³-hybridized carbons (Fsp3) is 0.455. The van der Waals surface area contributed by atoms with Gasteiger partial charge in [-0.15, -0.1) is 0 Å². The van der Waals surface area contributed by atoms with Crippen LogP contribution in [0.4, 0.5) is 0 Å². The topological polar surface area (TPSA) is 23.5 Å². The first-order chi connectivity index (χ1) is 7.17. The number of benzene rings is 1. The van der Waals surface area contributed by atoms with Gasteiger partial charge in [-0.1, -0.05) is 36.2 Å². The molecule has 1 aromatic carbocycles. The number of likely N-dealkylation sites (N-methyl/N-ethyl adjacent to an activating group) is 1. The average Bonchev–Trinajstić information content (AvgIpc) is 2.21. The molecular formula is C11H15Cl2NO. The van der Waals surface area contributed by atoms with Crippen molar-refractivity contribution in [2.75, 3.05) is 19.7 Å². The number of aliphatic hydroxyl groups excluding tert-OH is 1. The van der Waals surface area contributed by atoms with Crippen molar-refractivity contribution < 1.29 is 5.11 Å². The van der Waals surface area contributed by atoms with Gasteiger partial charge in [0.15, 0.2) is 0 Å². The fourth-order valence-corrected chi connectivity index (χ4v) is 1.85. The molecule has 1 N–H and O–H groups in total. The molecule has 0 radical (unpaired) electrons. The van der Waals surface area contributed by atoms with E-state index < -0.39 is 0 Å². The zero-order valence-electron chi connectivity index (χ0n) is 8.71. The Morgan fingerprint density at radius 3 is 2.60 bits per heavy atom. The SMILES string of the molecule is CCN(CCO)Cc1ccc(Cl)cc1Cl. The summed E-state index contributed by atoms with van der Waals surface area (Å²) in [6.07, 6.45) is 0. The van der Waals surface area contributed by atoms with Gasteiger partial charge in [-0.2, -0.15) is 0 Å². The average molecular weight is 248 g/mol. The van der Waals surface area contributed by atoms with Crippen molar-refractivity contribution in [2.45, 2.75) is 13.5 Å². The fourth-order valence-electron chi connectivity index (χ4n) is 1.38. The maximum atomic E-state index is 8.86. The second kappa shape index (κ2) is 6.33. The lowest BCUT2D eigenvalue weighted by Gasteiger charge is -2.19. The molecule has 0 amide bonds. The first-order valence-corrected chi connectivity index (χ1v) is 5.70. The van der Waals surface area contributed by atoms with Crippen molar-refractivity contribution in [1.29, 1.82) is 0 Å². The highest BCUT2D eigenvalue weighted by Gasteiger charge is 2.06. The molecule has 0 spiro atoms. The van der Waals surface area contributed by atoms with Crippen molar-refractivity contribution in [3.8, 4) is 0 Å². The molecule has 0 aliphatic carbocycles. The van der Waals surface area contributed by atoms with Crippen molar-refractivity contribution in [2.24, 2.45) is 0 Å². The highest BCUT2D eigenvalue weighted by molar-refractivity contribution is 6.35. The van der Waals surface area contributed by atoms with E-state index in [0.717, 1.165) is 18.7 Å². The molecule has 2 nitrogen and oxygen atoms in total. The summed E-state index contributed by atoms with van der Waals surface area (Å²) in [5.41, 5.74) is 1.04. The van der Waals surface area contributed by atoms with Crippen LogP contribution in [0.3, 0.4) is 0 Å². The second-order valence-corrected chi connectivity index (χ2v) is 4.17. The molecule has 0 unspecified atom stereocenters. The highest BCUT2D eigenvalue weighted by atomic mass is 35.5. The largest absolute Gasteiger partial charge is 0.395 e. The normalized spacial score (nSPS) is 11.0. The Morgan fingerprint density at radius 2 is 2.07 bits per heavy atom. The summed E-state index contributed by atoms with van der Waals surface area (Å²) in [6, 6.07) is 5.49. The molecule has 15 heavy (non-hydrogen) atoms. The number of aliphatic hydroxyl groups is 1. The zero-order valence-corrected chi connectivity index (χ0v) is 10.2. The Balaban J connectivity index is 2.70. The van der Waals surface area contributed by atoms with Crippen LogP contribution < -0.4 is 0 Å². The van der Waals surface area contributed by atoms with E-state index in [2.05, 4.69) is 11.8 Å². The van der Waals surface area contributed by atoms with Gasteiger partial charge in [0.1, 0.15) is 0 Å². The van der Waals surface area contributed by atoms with Gasteiger partial charge in [-0.3, -0.25) is 4.90 Å². The molecule has 0 heterocycles. The molecule has 4 heteroatoms. The molecule has 0 aromatic heterocycles. The van der Waals surface area contributed by atoms with E-state index in [0.29, 0.717) is 16.6 Å². The van der Waals surface area contributed by atoms with Crippen LogP contribution in [-0.2, 0) is 6.54 Å². The van der Waals surface area contributed by atoms with E-state index in [1.807, 2.05) is 12.1 Å². The predicted molar refractivity (Wildman–Crippen MR) is 64.5 cm³/mol. The van der Waals surface area contributed by atoms with Gasteiger partial charge >= 0.3 is 0 Å². The van der Waals surface area contributed by atoms with E-state index in [1.54, 1.807) is 6.07 Å². The number of hydrogen-bond donors (Lipinski definition) is 1. The van der Waals surface area contributed by atoms with Crippen LogP contribution in [0.15, 0.2) is 18.2 Å². The number of hydrogen-bond acceptors (Lipinski definition) is 2. The van der Waals surface area contributed by atoms with Crippen LogP contribution in [-0.4, -0.2) is 29.7 Å². The zero-order chi connectivity index (χ0) is 11.3. The molecule has 1 rings (SSSR count). The van der Waals surface area contributed by atoms with Gasteiger partial charge in [0, 0.05) is 23.1 Å². The molecule has 0 aliphatic rings. The van der Waals surface area contributed by atoms with Crippen LogP contribution in [0, 0.1) is 0 Å². The smallest absolute Gasteiger partial charge is 0.0558 e. The monoisotopic (exact) mass is 247 g/mol. The summed E-state index contributed by atoms with van der Waals surface area (Å²) < 4.78 is 0. The molecule has 0 saturated heterocycles. The molecule has 0 aliphatic heterocycles. The summed E-state index contributed by atoms with van der Waals surface area (Å²) in [4.78, 5) is 2.12. The Hall–Kier alpha value is -0.280. The van der Waals surface area contributed by atoms with Gasteiger partial charge < -0.3 is 5.11 Å². The van der Waals surface area contributed by atoms with E-state index >= 15 is 0 Å². The molecule has 1 aromatic rings. The summed E-state index contributed by atoms with van der Waals surface area (Å²) in [6.45, 7) is 4.51. The Morgan fingerprint density at radius 1 is 1.33 bits per heavy atom. The minimum absolute atomic E-state index is 0.166. The third-order valence-electron chi connectivity index (χ3n) is 2.27. The predicted octanol–water partition coefficient (Wildman–Crippen LogP) is 2.81. The van der Waals surface area contributed by atoms with Gasteiger partial charge in [0.2, 0.25) is 0 Å². The minimum atomic E-state index is 0.166. The maximum Gasteiger partial charge on any atom is 0.0558 e. The van der Waals surface area contributed by atoms with Crippen LogP contribution >= 0.6 is 23.2 Å². The first kappa shape index (κ1) is 12.8. The van der Waals surface area contributed by atoms with Crippen molar-refractivity contribution in [3.05, 3.63) is 33.8 Å². The molecular weight excluding hydrogens is 233 g/mol. The van der Waals surface area contributed by atoms with Crippen molar-refractivity contribution in [3.63, 3.8) is 0 Å². The number of nitrogens with zero attached hydrogens (tertiary/aromatic N) is 1. The second-order valence-electron chi connectivity index (χ2n) is 3.33. The molecule has 0 saturated carbocycles. The first-order valence-electron chi connectivity index (χ1n) is 4.94. The van der Waals surface area contributed by atoms with Gasteiger partial charge in [-0.25, -0.2) is 0 Å². The van der Waals surface area contributed by atoms with E-state index in [9.17, 15) is 0 Å². The van der Waals surface area contributed by atoms with Crippen molar-refractivity contribution in [1.82, 2.24) is 4.90 Å². The third-order valence-corrected chi connectivity index (χ3v) is 2.86. The molecule has 84 valence electrons. The summed E-state index contributed by atoms with van der Waals surface area (Å²) in [7, 11) is 0. The summed E-state index contributed by atoms with van der Waals surface area (Å²) >= 11 is 11.9. The van der Waals surface area contributed by atoms with Crippen LogP contribution in [0.2, 0.25) is 10.0 Å². The number of rotatable bonds is 5. The highest BCUT2D eigenvalue weighted by Crippen LogP contribution is 2.22. The Bertz CT molecular complexity index is 317. The summed E-state index contributed by atoms with van der Waals surface area (Å²) in [5, 5.41) is 10.2. The summed E-state index contributed by atoms with van der Waals surface area (Å²) in [5.74, 6) is 0. The van der Waals surface area contributed by atoms with Crippen LogP contribution in [0.1, 0.15) is 12.5 Å². The van der Waals surface area contributed by atoms with Crippen LogP contribution in [0.5, 0.6) is 0 Å². The Kier molecular flexibility index (Phi) is 5.40. The van der Waals surface area contributed by atoms with E-state index in [1.165, 1.54) is 0 Å². The van der Waals surface area contributed by atoms with Crippen molar-refractivity contribution >= 4 is 23.2 Å². The standard InChI is InChI=1S/C11H15Cl2NO/c1-2-14(5-6-15)8-9-3-4-10(12)7-11(9)13/h3-4,7,15H,2,5-6,8H2,1H3. The quantitative estimate of drug-likeness (QED) is 0.866. The lowest BCUT2D eigenvalue weighted by atomic mass is 10.2.